The molecular weight excluding hydrogens is 368 g/mol. The number of nitrogens with one attached hydrogen (secondary N) is 2. The summed E-state index contributed by atoms with van der Waals surface area (Å²) in [6, 6.07) is 16.0. The number of rotatable bonds is 9. The van der Waals surface area contributed by atoms with Crippen molar-refractivity contribution in [1.29, 1.82) is 0 Å². The van der Waals surface area contributed by atoms with Crippen LogP contribution in [0.25, 0.3) is 6.08 Å². The van der Waals surface area contributed by atoms with Crippen LogP contribution in [-0.4, -0.2) is 45.2 Å². The van der Waals surface area contributed by atoms with Crippen molar-refractivity contribution >= 4 is 18.0 Å². The van der Waals surface area contributed by atoms with E-state index in [-0.39, 0.29) is 24.3 Å². The van der Waals surface area contributed by atoms with Crippen molar-refractivity contribution in [2.75, 3.05) is 27.2 Å². The van der Waals surface area contributed by atoms with Crippen molar-refractivity contribution in [3.8, 4) is 5.75 Å². The van der Waals surface area contributed by atoms with Crippen LogP contribution >= 0.6 is 0 Å². The third kappa shape index (κ3) is 7.79. The van der Waals surface area contributed by atoms with Crippen LogP contribution in [0.1, 0.15) is 29.8 Å². The summed E-state index contributed by atoms with van der Waals surface area (Å²) in [7, 11) is 3.95. The van der Waals surface area contributed by atoms with Gasteiger partial charge in [0.25, 0.3) is 5.91 Å². The van der Waals surface area contributed by atoms with Gasteiger partial charge in [-0.05, 0) is 49.8 Å². The van der Waals surface area contributed by atoms with E-state index in [4.69, 9.17) is 9.47 Å². The number of carbonyl (C=O) groups excluding carboxylic acids is 2. The fourth-order valence-electron chi connectivity index (χ4n) is 2.44. The molecule has 0 saturated heterocycles. The van der Waals surface area contributed by atoms with Crippen molar-refractivity contribution in [2.45, 2.75) is 20.0 Å². The maximum atomic E-state index is 12.6. The Morgan fingerprint density at radius 3 is 2.28 bits per heavy atom. The largest absolute Gasteiger partial charge is 0.491 e. The third-order valence-electron chi connectivity index (χ3n) is 3.90. The lowest BCUT2D eigenvalue weighted by molar-refractivity contribution is -0.858. The second-order valence-corrected chi connectivity index (χ2v) is 7.21. The number of esters is 1. The topological polar surface area (TPSA) is 69.1 Å². The maximum absolute atomic E-state index is 12.6. The molecule has 0 aliphatic heterocycles. The van der Waals surface area contributed by atoms with Crippen LogP contribution in [0.5, 0.6) is 5.75 Å². The zero-order valence-corrected chi connectivity index (χ0v) is 17.4. The smallest absolute Gasteiger partial charge is 0.355 e. The molecule has 1 amide bonds. The van der Waals surface area contributed by atoms with E-state index in [9.17, 15) is 9.59 Å². The molecule has 2 aromatic rings. The highest BCUT2D eigenvalue weighted by atomic mass is 16.5. The Morgan fingerprint density at radius 1 is 1.03 bits per heavy atom. The number of hydrogen-bond donors (Lipinski definition) is 2. The lowest BCUT2D eigenvalue weighted by atomic mass is 10.1. The highest BCUT2D eigenvalue weighted by molar-refractivity contribution is 6.03. The molecule has 0 aliphatic carbocycles. The van der Waals surface area contributed by atoms with Crippen molar-refractivity contribution in [3.63, 3.8) is 0 Å². The van der Waals surface area contributed by atoms with E-state index in [1.165, 1.54) is 0 Å². The van der Waals surface area contributed by atoms with Gasteiger partial charge in [-0.15, -0.1) is 0 Å². The normalized spacial score (nSPS) is 11.4. The molecule has 0 unspecified atom stereocenters. The van der Waals surface area contributed by atoms with Crippen LogP contribution in [-0.2, 0) is 9.53 Å². The van der Waals surface area contributed by atoms with E-state index in [0.29, 0.717) is 12.1 Å². The Labute approximate surface area is 172 Å². The molecule has 6 heteroatoms. The van der Waals surface area contributed by atoms with Crippen LogP contribution in [0.2, 0.25) is 0 Å². The van der Waals surface area contributed by atoms with Gasteiger partial charge in [-0.3, -0.25) is 4.79 Å². The number of amides is 1. The van der Waals surface area contributed by atoms with Crippen LogP contribution < -0.4 is 15.0 Å². The molecule has 0 bridgehead atoms. The van der Waals surface area contributed by atoms with E-state index >= 15 is 0 Å². The molecule has 2 N–H and O–H groups in total. The number of likely N-dealkylation sites (N-methyl/N-ethyl adjacent to an activating group) is 1. The summed E-state index contributed by atoms with van der Waals surface area (Å²) in [5.41, 5.74) is 1.30. The highest BCUT2D eigenvalue weighted by Crippen LogP contribution is 2.16. The molecule has 0 saturated carbocycles. The van der Waals surface area contributed by atoms with Crippen molar-refractivity contribution in [1.82, 2.24) is 5.32 Å². The van der Waals surface area contributed by atoms with Gasteiger partial charge in [0.2, 0.25) is 0 Å². The maximum Gasteiger partial charge on any atom is 0.355 e. The SMILES string of the molecule is CC(C)Oc1ccc(C=C(NC(=O)c2ccccc2)C(=O)OCC[NH+](C)C)cc1. The molecule has 0 fully saturated rings. The standard InChI is InChI=1S/C23H28N2O4/c1-17(2)29-20-12-10-18(11-13-20)16-21(23(27)28-15-14-25(3)4)24-22(26)19-8-6-5-7-9-19/h5-13,16-17H,14-15H2,1-4H3,(H,24,26)/p+1. The summed E-state index contributed by atoms with van der Waals surface area (Å²) in [6.07, 6.45) is 1.68. The number of ether oxygens (including phenoxy) is 2. The Morgan fingerprint density at radius 2 is 1.69 bits per heavy atom. The van der Waals surface area contributed by atoms with E-state index in [1.54, 1.807) is 30.3 Å². The quantitative estimate of drug-likeness (QED) is 0.501. The Kier molecular flexibility index (Phi) is 8.43. The Bertz CT molecular complexity index is 828. The first-order chi connectivity index (χ1) is 13.8. The summed E-state index contributed by atoms with van der Waals surface area (Å²) < 4.78 is 11.0. The van der Waals surface area contributed by atoms with Gasteiger partial charge >= 0.3 is 5.97 Å². The predicted molar refractivity (Wildman–Crippen MR) is 113 cm³/mol. The first kappa shape index (κ1) is 22.2. The van der Waals surface area contributed by atoms with Gasteiger partial charge in [0.1, 0.15) is 24.6 Å². The first-order valence-electron chi connectivity index (χ1n) is 9.66. The summed E-state index contributed by atoms with van der Waals surface area (Å²) in [4.78, 5) is 26.3. The summed E-state index contributed by atoms with van der Waals surface area (Å²) in [5, 5.41) is 2.68. The second-order valence-electron chi connectivity index (χ2n) is 7.21. The molecule has 2 aromatic carbocycles. The molecule has 6 nitrogen and oxygen atoms in total. The lowest BCUT2D eigenvalue weighted by Crippen LogP contribution is -3.06. The average molecular weight is 397 g/mol. The second kappa shape index (κ2) is 11.0. The summed E-state index contributed by atoms with van der Waals surface area (Å²) >= 11 is 0. The molecule has 0 aromatic heterocycles. The van der Waals surface area contributed by atoms with E-state index in [0.717, 1.165) is 16.2 Å². The van der Waals surface area contributed by atoms with Crippen molar-refractivity contribution in [2.24, 2.45) is 0 Å². The minimum atomic E-state index is -0.571. The fourth-order valence-corrected chi connectivity index (χ4v) is 2.44. The summed E-state index contributed by atoms with van der Waals surface area (Å²) in [6.45, 7) is 4.85. The zero-order chi connectivity index (χ0) is 21.2. The van der Waals surface area contributed by atoms with Crippen LogP contribution in [0.4, 0.5) is 0 Å². The van der Waals surface area contributed by atoms with Gasteiger partial charge in [0, 0.05) is 5.56 Å². The Balaban J connectivity index is 2.19. The summed E-state index contributed by atoms with van der Waals surface area (Å²) in [5.74, 6) is -0.201. The number of quaternary nitrogens is 1. The Hall–Kier alpha value is -3.12. The molecule has 2 rings (SSSR count). The number of hydrogen-bond acceptors (Lipinski definition) is 4. The van der Waals surface area contributed by atoms with Gasteiger partial charge in [-0.1, -0.05) is 30.3 Å². The first-order valence-corrected chi connectivity index (χ1v) is 9.66. The van der Waals surface area contributed by atoms with Gasteiger partial charge in [0.15, 0.2) is 0 Å². The molecule has 0 heterocycles. The molecule has 0 atom stereocenters. The lowest BCUT2D eigenvalue weighted by Gasteiger charge is -2.12. The fraction of sp³-hybridized carbons (Fsp3) is 0.304. The van der Waals surface area contributed by atoms with E-state index < -0.39 is 5.97 Å². The van der Waals surface area contributed by atoms with Crippen LogP contribution in [0.15, 0.2) is 60.3 Å². The van der Waals surface area contributed by atoms with Crippen LogP contribution in [0.3, 0.4) is 0 Å². The van der Waals surface area contributed by atoms with Crippen LogP contribution in [0, 0.1) is 0 Å². The monoisotopic (exact) mass is 397 g/mol. The van der Waals surface area contributed by atoms with Gasteiger partial charge in [-0.2, -0.15) is 0 Å². The van der Waals surface area contributed by atoms with Gasteiger partial charge in [0.05, 0.1) is 20.2 Å². The minimum absolute atomic E-state index is 0.0749. The highest BCUT2D eigenvalue weighted by Gasteiger charge is 2.16. The van der Waals surface area contributed by atoms with E-state index in [1.807, 2.05) is 58.3 Å². The molecule has 0 radical (unpaired) electrons. The van der Waals surface area contributed by atoms with Gasteiger partial charge in [-0.25, -0.2) is 4.79 Å². The van der Waals surface area contributed by atoms with Crippen molar-refractivity contribution < 1.29 is 24.0 Å². The average Bonchev–Trinajstić information content (AvgIpc) is 2.68. The molecule has 0 spiro atoms. The number of benzene rings is 2. The van der Waals surface area contributed by atoms with E-state index in [2.05, 4.69) is 5.32 Å². The third-order valence-corrected chi connectivity index (χ3v) is 3.90. The number of carbonyl (C=O) groups is 2. The molecule has 154 valence electrons. The molecule has 0 aliphatic rings. The minimum Gasteiger partial charge on any atom is -0.491 e. The zero-order valence-electron chi connectivity index (χ0n) is 17.4. The van der Waals surface area contributed by atoms with Crippen molar-refractivity contribution in [3.05, 3.63) is 71.4 Å². The van der Waals surface area contributed by atoms with Gasteiger partial charge < -0.3 is 19.7 Å². The molecule has 29 heavy (non-hydrogen) atoms. The molecular formula is C23H29N2O4+. The predicted octanol–water partition coefficient (Wildman–Crippen LogP) is 1.93.